The summed E-state index contributed by atoms with van der Waals surface area (Å²) in [6.45, 7) is 7.04. The molecule has 1 N–H and O–H groups in total. The van der Waals surface area contributed by atoms with Gasteiger partial charge in [-0.05, 0) is 26.0 Å². The molecule has 102 valence electrons. The van der Waals surface area contributed by atoms with Crippen LogP contribution in [0.5, 0.6) is 0 Å². The molecule has 1 aromatic carbocycles. The first-order valence-corrected chi connectivity index (χ1v) is 7.96. The van der Waals surface area contributed by atoms with Crippen LogP contribution in [0.3, 0.4) is 0 Å². The lowest BCUT2D eigenvalue weighted by molar-refractivity contribution is 0.208. The molecule has 0 aliphatic rings. The first-order chi connectivity index (χ1) is 8.68. The molecule has 4 nitrogen and oxygen atoms in total. The van der Waals surface area contributed by atoms with Gasteiger partial charge in [0.25, 0.3) is 0 Å². The van der Waals surface area contributed by atoms with Crippen LogP contribution < -0.4 is 5.32 Å². The zero-order chi connectivity index (χ0) is 13.4. The molecule has 0 saturated heterocycles. The van der Waals surface area contributed by atoms with E-state index in [1.165, 1.54) is 0 Å². The van der Waals surface area contributed by atoms with Gasteiger partial charge in [0.1, 0.15) is 5.78 Å². The minimum atomic E-state index is -3.18. The van der Waals surface area contributed by atoms with Crippen molar-refractivity contribution in [3.63, 3.8) is 0 Å². The number of rotatable bonds is 8. The van der Waals surface area contributed by atoms with E-state index < -0.39 is 13.4 Å². The van der Waals surface area contributed by atoms with Gasteiger partial charge in [-0.1, -0.05) is 37.3 Å². The summed E-state index contributed by atoms with van der Waals surface area (Å²) in [5.74, 6) is -0.413. The second-order valence-corrected chi connectivity index (χ2v) is 5.86. The van der Waals surface area contributed by atoms with Crippen LogP contribution in [0.2, 0.25) is 0 Å². The minimum absolute atomic E-state index is 0.367. The van der Waals surface area contributed by atoms with Crippen molar-refractivity contribution in [3.8, 4) is 0 Å². The number of hydrogen-bond acceptors (Lipinski definition) is 4. The summed E-state index contributed by atoms with van der Waals surface area (Å²) in [5, 5.41) is 3.20. The third-order valence-electron chi connectivity index (χ3n) is 2.45. The molecule has 0 bridgehead atoms. The molecule has 0 radical (unpaired) electrons. The predicted molar refractivity (Wildman–Crippen MR) is 73.7 cm³/mol. The van der Waals surface area contributed by atoms with Crippen molar-refractivity contribution in [2.24, 2.45) is 0 Å². The zero-order valence-electron chi connectivity index (χ0n) is 11.3. The summed E-state index contributed by atoms with van der Waals surface area (Å²) in [7, 11) is -3.18. The Morgan fingerprint density at radius 3 is 2.11 bits per heavy atom. The van der Waals surface area contributed by atoms with E-state index in [0.717, 1.165) is 5.56 Å². The second-order valence-electron chi connectivity index (χ2n) is 3.75. The van der Waals surface area contributed by atoms with Gasteiger partial charge in [-0.25, -0.2) is 0 Å². The van der Waals surface area contributed by atoms with Gasteiger partial charge in [0.15, 0.2) is 0 Å². The monoisotopic (exact) mass is 271 g/mol. The fourth-order valence-electron chi connectivity index (χ4n) is 1.79. The maximum absolute atomic E-state index is 12.8. The summed E-state index contributed by atoms with van der Waals surface area (Å²) in [5.41, 5.74) is 0.921. The fraction of sp³-hybridized carbons (Fsp3) is 0.538. The molecule has 18 heavy (non-hydrogen) atoms. The van der Waals surface area contributed by atoms with E-state index in [4.69, 9.17) is 9.05 Å². The van der Waals surface area contributed by atoms with Crippen molar-refractivity contribution in [1.82, 2.24) is 5.32 Å². The minimum Gasteiger partial charge on any atom is -0.308 e. The van der Waals surface area contributed by atoms with Crippen molar-refractivity contribution in [2.75, 3.05) is 19.8 Å². The molecular weight excluding hydrogens is 249 g/mol. The van der Waals surface area contributed by atoms with E-state index in [1.807, 2.05) is 51.1 Å². The summed E-state index contributed by atoms with van der Waals surface area (Å²) < 4.78 is 23.6. The molecule has 0 amide bonds. The third kappa shape index (κ3) is 3.92. The molecular formula is C13H22NO3P. The van der Waals surface area contributed by atoms with E-state index in [2.05, 4.69) is 5.32 Å². The van der Waals surface area contributed by atoms with E-state index in [0.29, 0.717) is 19.8 Å². The summed E-state index contributed by atoms with van der Waals surface area (Å²) in [4.78, 5) is 0. The van der Waals surface area contributed by atoms with Gasteiger partial charge < -0.3 is 14.4 Å². The van der Waals surface area contributed by atoms with Crippen LogP contribution in [0, 0.1) is 0 Å². The topological polar surface area (TPSA) is 47.6 Å². The SMILES string of the molecule is CCN[C@@H](c1ccccc1)P(=O)(OCC)OCC. The molecule has 1 atom stereocenters. The Kier molecular flexibility index (Phi) is 6.58. The molecule has 0 aromatic heterocycles. The molecule has 0 heterocycles. The molecule has 1 aromatic rings. The van der Waals surface area contributed by atoms with Crippen LogP contribution in [-0.4, -0.2) is 19.8 Å². The largest absolute Gasteiger partial charge is 0.351 e. The Morgan fingerprint density at radius 2 is 1.67 bits per heavy atom. The van der Waals surface area contributed by atoms with Crippen molar-refractivity contribution >= 4 is 7.60 Å². The number of benzene rings is 1. The highest BCUT2D eigenvalue weighted by molar-refractivity contribution is 7.54. The van der Waals surface area contributed by atoms with Gasteiger partial charge in [0.2, 0.25) is 0 Å². The number of nitrogens with one attached hydrogen (secondary N) is 1. The summed E-state index contributed by atoms with van der Waals surface area (Å²) >= 11 is 0. The molecule has 0 spiro atoms. The van der Waals surface area contributed by atoms with Gasteiger partial charge in [0.05, 0.1) is 13.2 Å². The lowest BCUT2D eigenvalue weighted by atomic mass is 10.2. The summed E-state index contributed by atoms with van der Waals surface area (Å²) in [6, 6.07) is 9.62. The Balaban J connectivity index is 3.04. The lowest BCUT2D eigenvalue weighted by Gasteiger charge is -2.27. The smallest absolute Gasteiger partial charge is 0.308 e. The van der Waals surface area contributed by atoms with E-state index >= 15 is 0 Å². The number of hydrogen-bond donors (Lipinski definition) is 1. The third-order valence-corrected chi connectivity index (χ3v) is 4.80. The Labute approximate surface area is 109 Å². The van der Waals surface area contributed by atoms with Gasteiger partial charge >= 0.3 is 7.60 Å². The maximum Gasteiger partial charge on any atom is 0.351 e. The van der Waals surface area contributed by atoms with Crippen molar-refractivity contribution in [1.29, 1.82) is 0 Å². The van der Waals surface area contributed by atoms with Gasteiger partial charge in [-0.15, -0.1) is 0 Å². The van der Waals surface area contributed by atoms with E-state index in [-0.39, 0.29) is 0 Å². The van der Waals surface area contributed by atoms with E-state index in [1.54, 1.807) is 0 Å². The second kappa shape index (κ2) is 7.70. The zero-order valence-corrected chi connectivity index (χ0v) is 12.2. The van der Waals surface area contributed by atoms with Crippen molar-refractivity contribution < 1.29 is 13.6 Å². The van der Waals surface area contributed by atoms with Crippen molar-refractivity contribution in [2.45, 2.75) is 26.6 Å². The van der Waals surface area contributed by atoms with Crippen LogP contribution in [-0.2, 0) is 13.6 Å². The van der Waals surface area contributed by atoms with Gasteiger partial charge in [-0.3, -0.25) is 4.57 Å². The molecule has 0 unspecified atom stereocenters. The average Bonchev–Trinajstić information content (AvgIpc) is 2.37. The highest BCUT2D eigenvalue weighted by Crippen LogP contribution is 2.59. The summed E-state index contributed by atoms with van der Waals surface area (Å²) in [6.07, 6.45) is 0. The maximum atomic E-state index is 12.8. The molecule has 0 saturated carbocycles. The lowest BCUT2D eigenvalue weighted by Crippen LogP contribution is -2.23. The molecule has 0 aliphatic carbocycles. The van der Waals surface area contributed by atoms with Gasteiger partial charge in [0, 0.05) is 0 Å². The normalized spacial score (nSPS) is 13.5. The Hall–Kier alpha value is -0.670. The predicted octanol–water partition coefficient (Wildman–Crippen LogP) is 3.56. The van der Waals surface area contributed by atoms with Crippen LogP contribution >= 0.6 is 7.60 Å². The molecule has 0 fully saturated rings. The highest BCUT2D eigenvalue weighted by atomic mass is 31.2. The quantitative estimate of drug-likeness (QED) is 0.734. The molecule has 0 aliphatic heterocycles. The van der Waals surface area contributed by atoms with Crippen LogP contribution in [0.25, 0.3) is 0 Å². The molecule has 1 rings (SSSR count). The highest BCUT2D eigenvalue weighted by Gasteiger charge is 2.36. The van der Waals surface area contributed by atoms with Crippen LogP contribution in [0.1, 0.15) is 32.1 Å². The van der Waals surface area contributed by atoms with Crippen molar-refractivity contribution in [3.05, 3.63) is 35.9 Å². The fourth-order valence-corrected chi connectivity index (χ4v) is 3.82. The Bertz CT molecular complexity index is 373. The first-order valence-electron chi connectivity index (χ1n) is 6.35. The molecule has 5 heteroatoms. The Morgan fingerprint density at radius 1 is 1.11 bits per heavy atom. The van der Waals surface area contributed by atoms with Crippen LogP contribution in [0.4, 0.5) is 0 Å². The first kappa shape index (κ1) is 15.4. The van der Waals surface area contributed by atoms with Gasteiger partial charge in [-0.2, -0.15) is 0 Å². The average molecular weight is 271 g/mol. The van der Waals surface area contributed by atoms with Crippen LogP contribution in [0.15, 0.2) is 30.3 Å². The standard InChI is InChI=1S/C13H22NO3P/c1-4-14-13(12-10-8-7-9-11-12)18(15,16-5-2)17-6-3/h7-11,13-14H,4-6H2,1-3H3/t13-/m1/s1. The van der Waals surface area contributed by atoms with E-state index in [9.17, 15) is 4.57 Å².